The van der Waals surface area contributed by atoms with E-state index in [9.17, 15) is 9.59 Å². The Balaban J connectivity index is 2.44. The van der Waals surface area contributed by atoms with E-state index < -0.39 is 11.9 Å². The number of methoxy groups -OCH3 is 4. The molecule has 0 aliphatic heterocycles. The average molecular weight is 491 g/mol. The number of carbonyl (C=O) groups is 2. The van der Waals surface area contributed by atoms with Gasteiger partial charge < -0.3 is 28.4 Å². The molecule has 35 heavy (non-hydrogen) atoms. The van der Waals surface area contributed by atoms with Gasteiger partial charge in [-0.2, -0.15) is 0 Å². The number of esters is 2. The molecule has 0 aromatic heterocycles. The lowest BCUT2D eigenvalue weighted by atomic mass is 9.71. The molecular weight excluding hydrogens is 452 g/mol. The van der Waals surface area contributed by atoms with Gasteiger partial charge in [0.15, 0.2) is 13.2 Å². The van der Waals surface area contributed by atoms with E-state index in [0.29, 0.717) is 25.4 Å². The van der Waals surface area contributed by atoms with Gasteiger partial charge in [-0.1, -0.05) is 31.6 Å². The van der Waals surface area contributed by atoms with Crippen molar-refractivity contribution >= 4 is 11.9 Å². The van der Waals surface area contributed by atoms with Gasteiger partial charge in [0.05, 0.1) is 27.4 Å². The molecule has 1 aromatic rings. The first kappa shape index (κ1) is 28.4. The van der Waals surface area contributed by atoms with E-state index in [0.717, 1.165) is 28.0 Å². The van der Waals surface area contributed by atoms with Crippen molar-refractivity contribution in [1.82, 2.24) is 0 Å². The Morgan fingerprint density at radius 1 is 0.943 bits per heavy atom. The van der Waals surface area contributed by atoms with E-state index in [1.54, 1.807) is 14.2 Å². The summed E-state index contributed by atoms with van der Waals surface area (Å²) in [5.74, 6) is 0.487. The molecule has 0 saturated heterocycles. The lowest BCUT2D eigenvalue weighted by molar-refractivity contribution is -0.145. The van der Waals surface area contributed by atoms with E-state index in [4.69, 9.17) is 28.4 Å². The van der Waals surface area contributed by atoms with Crippen molar-refractivity contribution in [2.45, 2.75) is 46.1 Å². The first-order chi connectivity index (χ1) is 16.6. The van der Waals surface area contributed by atoms with Gasteiger partial charge in [-0.3, -0.25) is 0 Å². The van der Waals surface area contributed by atoms with Gasteiger partial charge in [-0.25, -0.2) is 9.59 Å². The van der Waals surface area contributed by atoms with Crippen LogP contribution in [0.1, 0.15) is 43.9 Å². The van der Waals surface area contributed by atoms with E-state index in [1.807, 2.05) is 13.8 Å². The zero-order valence-corrected chi connectivity index (χ0v) is 22.1. The monoisotopic (exact) mass is 490 g/mol. The molecular formula is C27H38O8. The fraction of sp³-hybridized carbons (Fsp3) is 0.556. The SMILES string of the molecule is COCc1cc(C(C)(C)C2=CC(C)=C(OCC(=O)OC)C(COC)C2)cc(C)c1OCC(=O)OC. The minimum absolute atomic E-state index is 0.0221. The molecule has 194 valence electrons. The smallest absolute Gasteiger partial charge is 0.343 e. The number of hydrogen-bond donors (Lipinski definition) is 0. The molecule has 1 atom stereocenters. The molecule has 2 rings (SSSR count). The summed E-state index contributed by atoms with van der Waals surface area (Å²) in [7, 11) is 5.95. The van der Waals surface area contributed by atoms with Crippen LogP contribution in [-0.4, -0.2) is 60.2 Å². The van der Waals surface area contributed by atoms with E-state index in [2.05, 4.69) is 32.1 Å². The Bertz CT molecular complexity index is 974. The van der Waals surface area contributed by atoms with Crippen LogP contribution in [0.4, 0.5) is 0 Å². The largest absolute Gasteiger partial charge is 0.486 e. The van der Waals surface area contributed by atoms with Crippen molar-refractivity contribution in [3.05, 3.63) is 51.8 Å². The quantitative estimate of drug-likeness (QED) is 0.406. The number of benzene rings is 1. The number of rotatable bonds is 12. The summed E-state index contributed by atoms with van der Waals surface area (Å²) in [4.78, 5) is 23.2. The highest BCUT2D eigenvalue weighted by Gasteiger charge is 2.34. The zero-order valence-electron chi connectivity index (χ0n) is 22.1. The molecule has 1 unspecified atom stereocenters. The number of ether oxygens (including phenoxy) is 6. The maximum Gasteiger partial charge on any atom is 0.343 e. The van der Waals surface area contributed by atoms with Gasteiger partial charge >= 0.3 is 11.9 Å². The minimum Gasteiger partial charge on any atom is -0.486 e. The van der Waals surface area contributed by atoms with Gasteiger partial charge in [-0.05, 0) is 43.0 Å². The Kier molecular flexibility index (Phi) is 10.3. The number of carbonyl (C=O) groups excluding carboxylic acids is 2. The molecule has 1 aliphatic rings. The van der Waals surface area contributed by atoms with Crippen molar-refractivity contribution < 1.29 is 38.0 Å². The summed E-state index contributed by atoms with van der Waals surface area (Å²) in [5, 5.41) is 0. The second kappa shape index (κ2) is 12.7. The normalized spacial score (nSPS) is 16.0. The molecule has 0 spiro atoms. The van der Waals surface area contributed by atoms with Crippen LogP contribution < -0.4 is 4.74 Å². The third-order valence-electron chi connectivity index (χ3n) is 6.30. The van der Waals surface area contributed by atoms with Crippen LogP contribution in [0.3, 0.4) is 0 Å². The highest BCUT2D eigenvalue weighted by molar-refractivity contribution is 5.71. The molecule has 0 radical (unpaired) electrons. The third-order valence-corrected chi connectivity index (χ3v) is 6.30. The highest BCUT2D eigenvalue weighted by Crippen LogP contribution is 2.43. The van der Waals surface area contributed by atoms with E-state index in [-0.39, 0.29) is 24.5 Å². The van der Waals surface area contributed by atoms with Crippen molar-refractivity contribution in [3.8, 4) is 5.75 Å². The maximum atomic E-state index is 11.6. The number of allylic oxidation sites excluding steroid dienone is 3. The third kappa shape index (κ3) is 7.08. The number of hydrogen-bond acceptors (Lipinski definition) is 8. The fourth-order valence-electron chi connectivity index (χ4n) is 4.32. The second-order valence-electron chi connectivity index (χ2n) is 9.14. The average Bonchev–Trinajstić information content (AvgIpc) is 2.82. The Hall–Kier alpha value is -2.84. The maximum absolute atomic E-state index is 11.6. The van der Waals surface area contributed by atoms with Crippen LogP contribution in [0, 0.1) is 12.8 Å². The van der Waals surface area contributed by atoms with Crippen molar-refractivity contribution in [2.75, 3.05) is 48.3 Å². The topological polar surface area (TPSA) is 89.5 Å². The second-order valence-corrected chi connectivity index (χ2v) is 9.14. The Morgan fingerprint density at radius 3 is 2.14 bits per heavy atom. The molecule has 0 bridgehead atoms. The van der Waals surface area contributed by atoms with Gasteiger partial charge in [-0.15, -0.1) is 0 Å². The van der Waals surface area contributed by atoms with Gasteiger partial charge in [0.2, 0.25) is 0 Å². The first-order valence-electron chi connectivity index (χ1n) is 11.5. The summed E-state index contributed by atoms with van der Waals surface area (Å²) in [6.07, 6.45) is 2.85. The van der Waals surface area contributed by atoms with Crippen molar-refractivity contribution in [3.63, 3.8) is 0 Å². The molecule has 1 aliphatic carbocycles. The van der Waals surface area contributed by atoms with Crippen molar-refractivity contribution in [2.24, 2.45) is 5.92 Å². The van der Waals surface area contributed by atoms with E-state index >= 15 is 0 Å². The van der Waals surface area contributed by atoms with Crippen LogP contribution in [-0.2, 0) is 45.3 Å². The first-order valence-corrected chi connectivity index (χ1v) is 11.5. The van der Waals surface area contributed by atoms with Gasteiger partial charge in [0.25, 0.3) is 0 Å². The Morgan fingerprint density at radius 2 is 1.57 bits per heavy atom. The molecule has 8 nitrogen and oxygen atoms in total. The molecule has 0 amide bonds. The molecule has 0 saturated carbocycles. The van der Waals surface area contributed by atoms with Gasteiger partial charge in [0, 0.05) is 31.1 Å². The number of aryl methyl sites for hydroxylation is 1. The van der Waals surface area contributed by atoms with Crippen LogP contribution in [0.15, 0.2) is 35.1 Å². The summed E-state index contributed by atoms with van der Waals surface area (Å²) >= 11 is 0. The molecule has 0 N–H and O–H groups in total. The van der Waals surface area contributed by atoms with Crippen LogP contribution >= 0.6 is 0 Å². The summed E-state index contributed by atoms with van der Waals surface area (Å²) < 4.78 is 31.9. The highest BCUT2D eigenvalue weighted by atomic mass is 16.6. The molecule has 0 fully saturated rings. The molecule has 8 heteroatoms. The van der Waals surface area contributed by atoms with Crippen LogP contribution in [0.25, 0.3) is 0 Å². The van der Waals surface area contributed by atoms with Crippen molar-refractivity contribution in [1.29, 1.82) is 0 Å². The lowest BCUT2D eigenvalue weighted by Crippen LogP contribution is -2.29. The van der Waals surface area contributed by atoms with Crippen LogP contribution in [0.2, 0.25) is 0 Å². The minimum atomic E-state index is -0.443. The zero-order chi connectivity index (χ0) is 26.2. The van der Waals surface area contributed by atoms with Crippen LogP contribution in [0.5, 0.6) is 5.75 Å². The Labute approximate surface area is 208 Å². The molecule has 1 aromatic carbocycles. The standard InChI is InChI=1S/C27H38O8/c1-17-9-21(11-19(13-30-5)25(17)34-15-23(28)32-7)27(3,4)22-10-18(2)26(20(12-22)14-31-6)35-16-24(29)33-8/h9-11,20H,12-16H2,1-8H3. The summed E-state index contributed by atoms with van der Waals surface area (Å²) in [5.41, 5.74) is 4.71. The van der Waals surface area contributed by atoms with E-state index in [1.165, 1.54) is 19.8 Å². The molecule has 0 heterocycles. The predicted molar refractivity (Wildman–Crippen MR) is 131 cm³/mol. The fourth-order valence-corrected chi connectivity index (χ4v) is 4.32. The predicted octanol–water partition coefficient (Wildman–Crippen LogP) is 4.03. The summed E-state index contributed by atoms with van der Waals surface area (Å²) in [6, 6.07) is 4.15. The lowest BCUT2D eigenvalue weighted by Gasteiger charge is -2.36. The van der Waals surface area contributed by atoms with Gasteiger partial charge in [0.1, 0.15) is 11.5 Å². The summed E-state index contributed by atoms with van der Waals surface area (Å²) in [6.45, 7) is 8.80.